The smallest absolute Gasteiger partial charge is 0.337 e. The van der Waals surface area contributed by atoms with Crippen molar-refractivity contribution >= 4 is 17.3 Å². The summed E-state index contributed by atoms with van der Waals surface area (Å²) in [7, 11) is 0. The standard InChI is InChI=1S/C15H17N3O2/c1-2-18(10-11-5-7-17-8-6-11)12-3-4-13(15(19)20)14(16)9-12/h3-9H,2,10,16H2,1H3,(H,19,20). The summed E-state index contributed by atoms with van der Waals surface area (Å²) in [5.74, 6) is -1.01. The molecule has 1 aromatic heterocycles. The van der Waals surface area contributed by atoms with E-state index in [0.29, 0.717) is 0 Å². The van der Waals surface area contributed by atoms with Crippen LogP contribution in [-0.2, 0) is 6.54 Å². The third-order valence-corrected chi connectivity index (χ3v) is 3.14. The Morgan fingerprint density at radius 1 is 1.30 bits per heavy atom. The van der Waals surface area contributed by atoms with Crippen LogP contribution in [0.3, 0.4) is 0 Å². The molecule has 0 amide bonds. The second kappa shape index (κ2) is 6.06. The maximum absolute atomic E-state index is 11.0. The molecule has 5 heteroatoms. The Labute approximate surface area is 117 Å². The van der Waals surface area contributed by atoms with Crippen LogP contribution in [0.2, 0.25) is 0 Å². The Bertz CT molecular complexity index is 599. The van der Waals surface area contributed by atoms with Crippen molar-refractivity contribution < 1.29 is 9.90 Å². The lowest BCUT2D eigenvalue weighted by atomic mass is 10.1. The highest BCUT2D eigenvalue weighted by Gasteiger charge is 2.11. The second-order valence-electron chi connectivity index (χ2n) is 4.45. The topological polar surface area (TPSA) is 79.5 Å². The summed E-state index contributed by atoms with van der Waals surface area (Å²) in [5, 5.41) is 8.99. The van der Waals surface area contributed by atoms with Crippen molar-refractivity contribution in [3.63, 3.8) is 0 Å². The van der Waals surface area contributed by atoms with Gasteiger partial charge < -0.3 is 15.7 Å². The molecule has 5 nitrogen and oxygen atoms in total. The first-order valence-corrected chi connectivity index (χ1v) is 6.38. The van der Waals surface area contributed by atoms with Crippen molar-refractivity contribution in [3.8, 4) is 0 Å². The number of nitrogens with zero attached hydrogens (tertiary/aromatic N) is 2. The number of pyridine rings is 1. The zero-order chi connectivity index (χ0) is 14.5. The van der Waals surface area contributed by atoms with Gasteiger partial charge in [0.2, 0.25) is 0 Å². The Hall–Kier alpha value is -2.56. The fourth-order valence-electron chi connectivity index (χ4n) is 2.04. The lowest BCUT2D eigenvalue weighted by Crippen LogP contribution is -2.22. The highest BCUT2D eigenvalue weighted by Crippen LogP contribution is 2.23. The molecule has 2 aromatic rings. The number of carbonyl (C=O) groups is 1. The highest BCUT2D eigenvalue weighted by atomic mass is 16.4. The zero-order valence-electron chi connectivity index (χ0n) is 11.3. The molecule has 0 saturated carbocycles. The molecule has 20 heavy (non-hydrogen) atoms. The molecule has 0 unspecified atom stereocenters. The molecule has 0 fully saturated rings. The van der Waals surface area contributed by atoms with E-state index in [0.717, 1.165) is 24.3 Å². The maximum Gasteiger partial charge on any atom is 0.337 e. The summed E-state index contributed by atoms with van der Waals surface area (Å²) < 4.78 is 0. The van der Waals surface area contributed by atoms with E-state index in [1.807, 2.05) is 19.1 Å². The molecule has 0 radical (unpaired) electrons. The molecular formula is C15H17N3O2. The van der Waals surface area contributed by atoms with E-state index < -0.39 is 5.97 Å². The summed E-state index contributed by atoms with van der Waals surface area (Å²) in [5.41, 5.74) is 8.25. The van der Waals surface area contributed by atoms with Gasteiger partial charge in [-0.15, -0.1) is 0 Å². The fourth-order valence-corrected chi connectivity index (χ4v) is 2.04. The largest absolute Gasteiger partial charge is 0.478 e. The number of benzene rings is 1. The Morgan fingerprint density at radius 2 is 2.00 bits per heavy atom. The molecule has 1 aromatic carbocycles. The minimum absolute atomic E-state index is 0.133. The summed E-state index contributed by atoms with van der Waals surface area (Å²) in [6.45, 7) is 3.57. The number of nitrogen functional groups attached to an aromatic ring is 1. The van der Waals surface area contributed by atoms with Crippen molar-refractivity contribution in [1.82, 2.24) is 4.98 Å². The molecule has 2 rings (SSSR count). The van der Waals surface area contributed by atoms with Gasteiger partial charge in [0.1, 0.15) is 0 Å². The minimum Gasteiger partial charge on any atom is -0.478 e. The van der Waals surface area contributed by atoms with Crippen LogP contribution in [0.4, 0.5) is 11.4 Å². The first-order chi connectivity index (χ1) is 9.61. The van der Waals surface area contributed by atoms with Gasteiger partial charge in [0, 0.05) is 36.9 Å². The number of hydrogen-bond donors (Lipinski definition) is 2. The molecule has 0 aliphatic rings. The van der Waals surface area contributed by atoms with Crippen LogP contribution in [0, 0.1) is 0 Å². The van der Waals surface area contributed by atoms with Gasteiger partial charge in [-0.05, 0) is 42.8 Å². The van der Waals surface area contributed by atoms with E-state index in [2.05, 4.69) is 9.88 Å². The van der Waals surface area contributed by atoms with E-state index >= 15 is 0 Å². The van der Waals surface area contributed by atoms with Gasteiger partial charge in [-0.1, -0.05) is 0 Å². The number of nitrogens with two attached hydrogens (primary N) is 1. The molecule has 1 heterocycles. The van der Waals surface area contributed by atoms with Crippen molar-refractivity contribution in [2.45, 2.75) is 13.5 Å². The highest BCUT2D eigenvalue weighted by molar-refractivity contribution is 5.94. The molecule has 0 saturated heterocycles. The Kier molecular flexibility index (Phi) is 4.20. The van der Waals surface area contributed by atoms with Crippen LogP contribution in [0.1, 0.15) is 22.8 Å². The minimum atomic E-state index is -1.01. The summed E-state index contributed by atoms with van der Waals surface area (Å²) in [6, 6.07) is 8.94. The predicted octanol–water partition coefficient (Wildman–Crippen LogP) is 2.39. The van der Waals surface area contributed by atoms with Crippen LogP contribution >= 0.6 is 0 Å². The number of hydrogen-bond acceptors (Lipinski definition) is 4. The van der Waals surface area contributed by atoms with Crippen LogP contribution < -0.4 is 10.6 Å². The van der Waals surface area contributed by atoms with E-state index in [4.69, 9.17) is 10.8 Å². The van der Waals surface area contributed by atoms with E-state index in [1.54, 1.807) is 30.6 Å². The van der Waals surface area contributed by atoms with Crippen LogP contribution in [-0.4, -0.2) is 22.6 Å². The van der Waals surface area contributed by atoms with Crippen LogP contribution in [0.25, 0.3) is 0 Å². The lowest BCUT2D eigenvalue weighted by Gasteiger charge is -2.23. The average Bonchev–Trinajstić information content (AvgIpc) is 2.45. The molecule has 104 valence electrons. The Morgan fingerprint density at radius 3 is 2.55 bits per heavy atom. The predicted molar refractivity (Wildman–Crippen MR) is 78.8 cm³/mol. The molecule has 0 spiro atoms. The van der Waals surface area contributed by atoms with Gasteiger partial charge in [0.15, 0.2) is 0 Å². The normalized spacial score (nSPS) is 10.2. The van der Waals surface area contributed by atoms with Gasteiger partial charge in [0.25, 0.3) is 0 Å². The first-order valence-electron chi connectivity index (χ1n) is 6.38. The number of aromatic carboxylic acids is 1. The van der Waals surface area contributed by atoms with Crippen LogP contribution in [0.15, 0.2) is 42.7 Å². The fraction of sp³-hybridized carbons (Fsp3) is 0.200. The third kappa shape index (κ3) is 3.06. The van der Waals surface area contributed by atoms with Gasteiger partial charge in [-0.3, -0.25) is 4.98 Å². The van der Waals surface area contributed by atoms with Gasteiger partial charge in [-0.25, -0.2) is 4.79 Å². The van der Waals surface area contributed by atoms with Crippen LogP contribution in [0.5, 0.6) is 0 Å². The van der Waals surface area contributed by atoms with Crippen molar-refractivity contribution in [1.29, 1.82) is 0 Å². The van der Waals surface area contributed by atoms with E-state index in [-0.39, 0.29) is 11.3 Å². The van der Waals surface area contributed by atoms with Crippen molar-refractivity contribution in [2.75, 3.05) is 17.2 Å². The zero-order valence-corrected chi connectivity index (χ0v) is 11.3. The number of anilines is 2. The monoisotopic (exact) mass is 271 g/mol. The maximum atomic E-state index is 11.0. The van der Waals surface area contributed by atoms with Gasteiger partial charge in [0.05, 0.1) is 5.56 Å². The van der Waals surface area contributed by atoms with Crippen molar-refractivity contribution in [3.05, 3.63) is 53.9 Å². The first kappa shape index (κ1) is 13.9. The van der Waals surface area contributed by atoms with E-state index in [9.17, 15) is 4.79 Å². The number of carboxylic acid groups (broad SMARTS) is 1. The summed E-state index contributed by atoms with van der Waals surface area (Å²) >= 11 is 0. The average molecular weight is 271 g/mol. The lowest BCUT2D eigenvalue weighted by molar-refractivity contribution is 0.0698. The number of carboxylic acids is 1. The number of aromatic nitrogens is 1. The Balaban J connectivity index is 2.24. The number of rotatable bonds is 5. The third-order valence-electron chi connectivity index (χ3n) is 3.14. The quantitative estimate of drug-likeness (QED) is 0.816. The summed E-state index contributed by atoms with van der Waals surface area (Å²) in [6.07, 6.45) is 3.51. The second-order valence-corrected chi connectivity index (χ2v) is 4.45. The van der Waals surface area contributed by atoms with E-state index in [1.165, 1.54) is 0 Å². The molecule has 0 atom stereocenters. The molecular weight excluding hydrogens is 254 g/mol. The molecule has 3 N–H and O–H groups in total. The SMILES string of the molecule is CCN(Cc1ccncc1)c1ccc(C(=O)O)c(N)c1. The van der Waals surface area contributed by atoms with Crippen molar-refractivity contribution in [2.24, 2.45) is 0 Å². The summed E-state index contributed by atoms with van der Waals surface area (Å²) in [4.78, 5) is 17.1. The van der Waals surface area contributed by atoms with Gasteiger partial charge in [-0.2, -0.15) is 0 Å². The molecule has 0 aliphatic carbocycles. The molecule has 0 bridgehead atoms. The molecule has 0 aliphatic heterocycles. The van der Waals surface area contributed by atoms with Gasteiger partial charge >= 0.3 is 5.97 Å².